The first-order valence-corrected chi connectivity index (χ1v) is 20.1. The van der Waals surface area contributed by atoms with Gasteiger partial charge in [0.2, 0.25) is 0 Å². The highest BCUT2D eigenvalue weighted by Gasteiger charge is 2.25. The van der Waals surface area contributed by atoms with E-state index in [0.29, 0.717) is 12.8 Å². The second-order valence-electron chi connectivity index (χ2n) is 12.2. The van der Waals surface area contributed by atoms with Crippen LogP contribution in [0.15, 0.2) is 24.3 Å². The lowest BCUT2D eigenvalue weighted by Crippen LogP contribution is -2.29. The van der Waals surface area contributed by atoms with Crippen molar-refractivity contribution in [3.63, 3.8) is 0 Å². The summed E-state index contributed by atoms with van der Waals surface area (Å²) < 4.78 is 32.4. The maximum absolute atomic E-state index is 12.5. The Hall–Kier alpha value is -1.47. The van der Waals surface area contributed by atoms with Gasteiger partial charge in [0.1, 0.15) is 6.61 Å². The molecule has 0 aliphatic rings. The third-order valence-electron chi connectivity index (χ3n) is 7.76. The Morgan fingerprint density at radius 3 is 1.59 bits per heavy atom. The molecular weight excluding hydrogens is 603 g/mol. The number of rotatable bonds is 34. The van der Waals surface area contributed by atoms with Gasteiger partial charge in [-0.05, 0) is 51.9 Å². The van der Waals surface area contributed by atoms with Gasteiger partial charge in [0.05, 0.1) is 13.2 Å². The molecule has 0 fully saturated rings. The number of hydrogen-bond acceptors (Lipinski definition) is 7. The summed E-state index contributed by atoms with van der Waals surface area (Å²) in [5.41, 5.74) is 0. The van der Waals surface area contributed by atoms with Gasteiger partial charge in [-0.3, -0.25) is 18.6 Å². The Balaban J connectivity index is 4.14. The Kier molecular flexibility index (Phi) is 32.4. The Morgan fingerprint density at radius 1 is 0.587 bits per heavy atom. The number of allylic oxidation sites excluding steroid dienone is 4. The lowest BCUT2D eigenvalue weighted by Gasteiger charge is -2.19. The van der Waals surface area contributed by atoms with Gasteiger partial charge in [0, 0.05) is 12.8 Å². The summed E-state index contributed by atoms with van der Waals surface area (Å²) in [7, 11) is -4.27. The normalized spacial score (nSPS) is 13.7. The van der Waals surface area contributed by atoms with Crippen molar-refractivity contribution in [2.24, 2.45) is 0 Å². The quantitative estimate of drug-likeness (QED) is 0.0311. The zero-order valence-corrected chi connectivity index (χ0v) is 30.6. The molecule has 8 nitrogen and oxygen atoms in total. The van der Waals surface area contributed by atoms with Crippen LogP contribution in [0.25, 0.3) is 0 Å². The molecule has 270 valence electrons. The molecular formula is C37H69O8P. The molecule has 0 aliphatic heterocycles. The minimum atomic E-state index is -4.27. The van der Waals surface area contributed by atoms with Crippen LogP contribution in [0.4, 0.5) is 0 Å². The van der Waals surface area contributed by atoms with E-state index in [1.807, 2.05) is 0 Å². The minimum Gasteiger partial charge on any atom is -0.462 e. The van der Waals surface area contributed by atoms with Gasteiger partial charge < -0.3 is 14.4 Å². The number of ether oxygens (including phenoxy) is 2. The molecule has 0 radical (unpaired) electrons. The van der Waals surface area contributed by atoms with Gasteiger partial charge in [-0.1, -0.05) is 134 Å². The van der Waals surface area contributed by atoms with Gasteiger partial charge in [-0.15, -0.1) is 0 Å². The van der Waals surface area contributed by atoms with E-state index in [-0.39, 0.29) is 25.6 Å². The molecule has 9 heteroatoms. The third-order valence-corrected chi connectivity index (χ3v) is 8.82. The van der Waals surface area contributed by atoms with E-state index in [0.717, 1.165) is 51.4 Å². The summed E-state index contributed by atoms with van der Waals surface area (Å²) in [5.74, 6) is -0.808. The van der Waals surface area contributed by atoms with Crippen molar-refractivity contribution in [3.05, 3.63) is 24.3 Å². The smallest absolute Gasteiger partial charge is 0.462 e. The predicted octanol–water partition coefficient (Wildman–Crippen LogP) is 11.1. The van der Waals surface area contributed by atoms with E-state index in [9.17, 15) is 19.0 Å². The number of hydrogen-bond donors (Lipinski definition) is 1. The first-order valence-electron chi connectivity index (χ1n) is 18.6. The van der Waals surface area contributed by atoms with Crippen molar-refractivity contribution in [2.75, 3.05) is 19.8 Å². The molecule has 0 aliphatic carbocycles. The Morgan fingerprint density at radius 2 is 1.04 bits per heavy atom. The summed E-state index contributed by atoms with van der Waals surface area (Å²) in [4.78, 5) is 34.5. The van der Waals surface area contributed by atoms with Crippen molar-refractivity contribution < 1.29 is 37.6 Å². The Bertz CT molecular complexity index is 813. The van der Waals surface area contributed by atoms with Gasteiger partial charge in [0.15, 0.2) is 6.10 Å². The number of carbonyl (C=O) groups is 2. The Labute approximate surface area is 282 Å². The molecule has 0 saturated carbocycles. The largest absolute Gasteiger partial charge is 0.472 e. The topological polar surface area (TPSA) is 108 Å². The van der Waals surface area contributed by atoms with Crippen LogP contribution in [0.3, 0.4) is 0 Å². The zero-order chi connectivity index (χ0) is 34.0. The lowest BCUT2D eigenvalue weighted by atomic mass is 10.1. The number of phosphoric acid groups is 1. The van der Waals surface area contributed by atoms with Crippen molar-refractivity contribution in [1.82, 2.24) is 0 Å². The van der Waals surface area contributed by atoms with E-state index >= 15 is 0 Å². The fourth-order valence-corrected chi connectivity index (χ4v) is 5.77. The van der Waals surface area contributed by atoms with Crippen LogP contribution in [0, 0.1) is 0 Å². The number of unbranched alkanes of at least 4 members (excludes halogenated alkanes) is 18. The average molecular weight is 673 g/mol. The van der Waals surface area contributed by atoms with Gasteiger partial charge in [0.25, 0.3) is 0 Å². The highest BCUT2D eigenvalue weighted by Crippen LogP contribution is 2.43. The van der Waals surface area contributed by atoms with Crippen LogP contribution in [0.2, 0.25) is 0 Å². The molecule has 1 N–H and O–H groups in total. The van der Waals surface area contributed by atoms with Crippen LogP contribution in [-0.4, -0.2) is 42.8 Å². The molecule has 0 rings (SSSR count). The summed E-state index contributed by atoms with van der Waals surface area (Å²) in [6, 6.07) is 0. The van der Waals surface area contributed by atoms with E-state index in [2.05, 4.69) is 38.2 Å². The van der Waals surface area contributed by atoms with Crippen molar-refractivity contribution in [3.8, 4) is 0 Å². The molecule has 2 atom stereocenters. The lowest BCUT2D eigenvalue weighted by molar-refractivity contribution is -0.161. The molecule has 0 aromatic carbocycles. The summed E-state index contributed by atoms with van der Waals surface area (Å²) in [6.07, 6.45) is 33.7. The summed E-state index contributed by atoms with van der Waals surface area (Å²) in [6.45, 7) is 5.40. The fourth-order valence-electron chi connectivity index (χ4n) is 5.01. The molecule has 0 spiro atoms. The third kappa shape index (κ3) is 32.5. The molecule has 0 heterocycles. The molecule has 0 aromatic rings. The standard InChI is InChI=1S/C37H69O8P/c1-4-7-9-11-13-15-16-17-18-19-20-21-22-24-26-28-30-32-37(39)45-35(34-44-46(40,41)43-6-3)33-42-36(38)31-29-27-25-23-14-12-10-8-5-2/h13,15,17-18,35H,4-12,14,16,19-34H2,1-3H3,(H,40,41)/b15-13-,18-17-. The van der Waals surface area contributed by atoms with Crippen molar-refractivity contribution >= 4 is 19.8 Å². The first kappa shape index (κ1) is 44.5. The number of carbonyl (C=O) groups excluding carboxylic acids is 2. The number of esters is 2. The summed E-state index contributed by atoms with van der Waals surface area (Å²) in [5, 5.41) is 0. The molecule has 0 bridgehead atoms. The van der Waals surface area contributed by atoms with E-state index < -0.39 is 26.5 Å². The van der Waals surface area contributed by atoms with Crippen LogP contribution in [0.1, 0.15) is 175 Å². The van der Waals surface area contributed by atoms with E-state index in [1.165, 1.54) is 83.5 Å². The summed E-state index contributed by atoms with van der Waals surface area (Å²) >= 11 is 0. The van der Waals surface area contributed by atoms with Crippen molar-refractivity contribution in [2.45, 2.75) is 181 Å². The molecule has 0 saturated heterocycles. The maximum atomic E-state index is 12.5. The maximum Gasteiger partial charge on any atom is 0.472 e. The van der Waals surface area contributed by atoms with Crippen molar-refractivity contribution in [1.29, 1.82) is 0 Å². The van der Waals surface area contributed by atoms with E-state index in [4.69, 9.17) is 18.5 Å². The van der Waals surface area contributed by atoms with Crippen LogP contribution in [0.5, 0.6) is 0 Å². The highest BCUT2D eigenvalue weighted by atomic mass is 31.2. The molecule has 46 heavy (non-hydrogen) atoms. The molecule has 0 aromatic heterocycles. The number of phosphoric ester groups is 1. The fraction of sp³-hybridized carbons (Fsp3) is 0.838. The second-order valence-corrected chi connectivity index (χ2v) is 13.7. The van der Waals surface area contributed by atoms with E-state index in [1.54, 1.807) is 6.92 Å². The van der Waals surface area contributed by atoms with Crippen LogP contribution >= 0.6 is 7.82 Å². The van der Waals surface area contributed by atoms with Crippen LogP contribution in [-0.2, 0) is 32.7 Å². The monoisotopic (exact) mass is 672 g/mol. The average Bonchev–Trinajstić information content (AvgIpc) is 3.03. The highest BCUT2D eigenvalue weighted by molar-refractivity contribution is 7.47. The van der Waals surface area contributed by atoms with Gasteiger partial charge >= 0.3 is 19.8 Å². The van der Waals surface area contributed by atoms with Gasteiger partial charge in [-0.25, -0.2) is 4.57 Å². The SMILES string of the molecule is CCCCC/C=C\C/C=C\CCCCCCCCCC(=O)OC(COC(=O)CCCCCCCCCCC)COP(=O)(O)OCC. The first-order chi connectivity index (χ1) is 22.3. The molecule has 2 unspecified atom stereocenters. The predicted molar refractivity (Wildman–Crippen MR) is 189 cm³/mol. The molecule has 0 amide bonds. The zero-order valence-electron chi connectivity index (χ0n) is 29.7. The van der Waals surface area contributed by atoms with Crippen LogP contribution < -0.4 is 0 Å². The second kappa shape index (κ2) is 33.4. The minimum absolute atomic E-state index is 0.000130. The van der Waals surface area contributed by atoms with Gasteiger partial charge in [-0.2, -0.15) is 0 Å².